The summed E-state index contributed by atoms with van der Waals surface area (Å²) in [5.74, 6) is 2.34. The molecule has 2 saturated heterocycles. The third-order valence-electron chi connectivity index (χ3n) is 6.05. The number of likely N-dealkylation sites (tertiary alicyclic amines) is 1. The summed E-state index contributed by atoms with van der Waals surface area (Å²) in [4.78, 5) is 7.03. The molecular weight excluding hydrogens is 342 g/mol. The van der Waals surface area contributed by atoms with E-state index in [0.717, 1.165) is 51.6 Å². The SMILES string of the molecule is CN=C(NCC1(SC)CCOCC1)N1CCC(c2ccccc2)C(C)C1. The average molecular weight is 376 g/mol. The van der Waals surface area contributed by atoms with Gasteiger partial charge in [0.25, 0.3) is 0 Å². The second-order valence-corrected chi connectivity index (χ2v) is 8.90. The molecule has 0 aliphatic carbocycles. The molecule has 1 N–H and O–H groups in total. The Labute approximate surface area is 162 Å². The number of nitrogens with zero attached hydrogens (tertiary/aromatic N) is 2. The van der Waals surface area contributed by atoms with Crippen LogP contribution in [0.1, 0.15) is 37.7 Å². The maximum Gasteiger partial charge on any atom is 0.193 e. The Balaban J connectivity index is 1.58. The predicted octanol–water partition coefficient (Wildman–Crippen LogP) is 3.60. The summed E-state index contributed by atoms with van der Waals surface area (Å²) in [6.07, 6.45) is 5.64. The fourth-order valence-corrected chi connectivity index (χ4v) is 5.09. The lowest BCUT2D eigenvalue weighted by Gasteiger charge is -2.41. The summed E-state index contributed by atoms with van der Waals surface area (Å²) in [6.45, 7) is 7.23. The molecule has 0 bridgehead atoms. The van der Waals surface area contributed by atoms with Crippen LogP contribution in [-0.2, 0) is 4.74 Å². The average Bonchev–Trinajstić information content (AvgIpc) is 2.70. The minimum absolute atomic E-state index is 0.280. The van der Waals surface area contributed by atoms with E-state index in [2.05, 4.69) is 58.7 Å². The zero-order valence-electron chi connectivity index (χ0n) is 16.4. The number of hydrogen-bond donors (Lipinski definition) is 1. The van der Waals surface area contributed by atoms with Gasteiger partial charge in [-0.15, -0.1) is 0 Å². The van der Waals surface area contributed by atoms with Gasteiger partial charge in [-0.25, -0.2) is 0 Å². The summed E-state index contributed by atoms with van der Waals surface area (Å²) >= 11 is 1.97. The molecule has 2 atom stereocenters. The summed E-state index contributed by atoms with van der Waals surface area (Å²) in [5.41, 5.74) is 1.48. The van der Waals surface area contributed by atoms with E-state index in [0.29, 0.717) is 11.8 Å². The second kappa shape index (κ2) is 9.14. The lowest BCUT2D eigenvalue weighted by molar-refractivity contribution is 0.0780. The van der Waals surface area contributed by atoms with E-state index in [-0.39, 0.29) is 4.75 Å². The molecule has 3 rings (SSSR count). The minimum Gasteiger partial charge on any atom is -0.381 e. The van der Waals surface area contributed by atoms with E-state index in [4.69, 9.17) is 4.74 Å². The molecular formula is C21H33N3OS. The van der Waals surface area contributed by atoms with Crippen LogP contribution in [0.25, 0.3) is 0 Å². The van der Waals surface area contributed by atoms with Gasteiger partial charge >= 0.3 is 0 Å². The van der Waals surface area contributed by atoms with Crippen molar-refractivity contribution in [1.29, 1.82) is 0 Å². The Hall–Kier alpha value is -1.20. The molecule has 0 spiro atoms. The molecule has 0 saturated carbocycles. The fourth-order valence-electron chi connectivity index (χ4n) is 4.30. The normalized spacial score (nSPS) is 26.6. The van der Waals surface area contributed by atoms with Crippen molar-refractivity contribution < 1.29 is 4.74 Å². The van der Waals surface area contributed by atoms with Gasteiger partial charge < -0.3 is 15.0 Å². The second-order valence-electron chi connectivity index (χ2n) is 7.63. The van der Waals surface area contributed by atoms with Crippen molar-refractivity contribution in [3.8, 4) is 0 Å². The third kappa shape index (κ3) is 4.55. The van der Waals surface area contributed by atoms with Crippen molar-refractivity contribution >= 4 is 17.7 Å². The molecule has 144 valence electrons. The molecule has 0 aromatic heterocycles. The minimum atomic E-state index is 0.280. The highest BCUT2D eigenvalue weighted by atomic mass is 32.2. The van der Waals surface area contributed by atoms with Gasteiger partial charge in [0.1, 0.15) is 0 Å². The van der Waals surface area contributed by atoms with Crippen LogP contribution in [0.5, 0.6) is 0 Å². The molecule has 2 heterocycles. The maximum absolute atomic E-state index is 5.56. The highest BCUT2D eigenvalue weighted by Gasteiger charge is 2.33. The number of nitrogens with one attached hydrogen (secondary N) is 1. The number of ether oxygens (including phenoxy) is 1. The first kappa shape index (κ1) is 19.6. The number of thioether (sulfide) groups is 1. The van der Waals surface area contributed by atoms with Crippen LogP contribution in [0, 0.1) is 5.92 Å². The molecule has 5 heteroatoms. The largest absolute Gasteiger partial charge is 0.381 e. The lowest BCUT2D eigenvalue weighted by Crippen LogP contribution is -2.52. The van der Waals surface area contributed by atoms with Crippen LogP contribution in [0.4, 0.5) is 0 Å². The fraction of sp³-hybridized carbons (Fsp3) is 0.667. The zero-order chi connectivity index (χ0) is 18.4. The standard InChI is InChI=1S/C21H33N3OS/c1-17-15-24(12-9-19(17)18-7-5-4-6-8-18)20(22-2)23-16-21(26-3)10-13-25-14-11-21/h4-8,17,19H,9-16H2,1-3H3,(H,22,23). The monoisotopic (exact) mass is 375 g/mol. The molecule has 2 unspecified atom stereocenters. The first-order valence-electron chi connectivity index (χ1n) is 9.81. The molecule has 2 aliphatic rings. The Morgan fingerprint density at radius 1 is 1.31 bits per heavy atom. The summed E-state index contributed by atoms with van der Waals surface area (Å²) in [7, 11) is 1.91. The zero-order valence-corrected chi connectivity index (χ0v) is 17.2. The maximum atomic E-state index is 5.56. The smallest absolute Gasteiger partial charge is 0.193 e. The quantitative estimate of drug-likeness (QED) is 0.644. The van der Waals surface area contributed by atoms with E-state index >= 15 is 0 Å². The lowest BCUT2D eigenvalue weighted by atomic mass is 9.82. The highest BCUT2D eigenvalue weighted by molar-refractivity contribution is 8.00. The van der Waals surface area contributed by atoms with Crippen LogP contribution < -0.4 is 5.32 Å². The number of aliphatic imine (C=N–C) groups is 1. The van der Waals surface area contributed by atoms with E-state index in [1.165, 1.54) is 12.0 Å². The summed E-state index contributed by atoms with van der Waals surface area (Å²) in [6, 6.07) is 11.0. The number of piperidine rings is 1. The van der Waals surface area contributed by atoms with Crippen molar-refractivity contribution in [2.75, 3.05) is 46.2 Å². The van der Waals surface area contributed by atoms with Gasteiger partial charge in [0.15, 0.2) is 5.96 Å². The van der Waals surface area contributed by atoms with Crippen LogP contribution in [0.15, 0.2) is 35.3 Å². The summed E-state index contributed by atoms with van der Waals surface area (Å²) in [5, 5.41) is 3.68. The molecule has 1 aromatic carbocycles. The van der Waals surface area contributed by atoms with Gasteiger partial charge in [-0.1, -0.05) is 37.3 Å². The summed E-state index contributed by atoms with van der Waals surface area (Å²) < 4.78 is 5.84. The molecule has 26 heavy (non-hydrogen) atoms. The molecule has 0 radical (unpaired) electrons. The number of rotatable bonds is 4. The van der Waals surface area contributed by atoms with Gasteiger partial charge in [0, 0.05) is 44.6 Å². The van der Waals surface area contributed by atoms with Gasteiger partial charge in [-0.05, 0) is 42.9 Å². The molecule has 1 aromatic rings. The van der Waals surface area contributed by atoms with Crippen LogP contribution in [0.3, 0.4) is 0 Å². The van der Waals surface area contributed by atoms with E-state index in [1.807, 2.05) is 18.8 Å². The van der Waals surface area contributed by atoms with E-state index < -0.39 is 0 Å². The Morgan fingerprint density at radius 2 is 2.04 bits per heavy atom. The van der Waals surface area contributed by atoms with Crippen LogP contribution >= 0.6 is 11.8 Å². The van der Waals surface area contributed by atoms with Gasteiger partial charge in [0.05, 0.1) is 0 Å². The number of hydrogen-bond acceptors (Lipinski definition) is 3. The third-order valence-corrected chi connectivity index (χ3v) is 7.47. The number of benzene rings is 1. The topological polar surface area (TPSA) is 36.9 Å². The van der Waals surface area contributed by atoms with Gasteiger partial charge in [-0.2, -0.15) is 11.8 Å². The molecule has 0 amide bonds. The van der Waals surface area contributed by atoms with Crippen molar-refractivity contribution in [1.82, 2.24) is 10.2 Å². The first-order valence-corrected chi connectivity index (χ1v) is 11.0. The van der Waals surface area contributed by atoms with Crippen LogP contribution in [0.2, 0.25) is 0 Å². The Bertz CT molecular complexity index is 586. The van der Waals surface area contributed by atoms with Crippen molar-refractivity contribution in [2.45, 2.75) is 36.9 Å². The Morgan fingerprint density at radius 3 is 2.65 bits per heavy atom. The Kier molecular flexibility index (Phi) is 6.87. The molecule has 2 fully saturated rings. The van der Waals surface area contributed by atoms with E-state index in [1.54, 1.807) is 0 Å². The van der Waals surface area contributed by atoms with Gasteiger partial charge in [0.2, 0.25) is 0 Å². The predicted molar refractivity (Wildman–Crippen MR) is 112 cm³/mol. The van der Waals surface area contributed by atoms with Crippen molar-refractivity contribution in [2.24, 2.45) is 10.9 Å². The van der Waals surface area contributed by atoms with Crippen LogP contribution in [-0.4, -0.2) is 61.8 Å². The van der Waals surface area contributed by atoms with Gasteiger partial charge in [-0.3, -0.25) is 4.99 Å². The first-order chi connectivity index (χ1) is 12.7. The molecule has 4 nitrogen and oxygen atoms in total. The number of guanidine groups is 1. The highest BCUT2D eigenvalue weighted by Crippen LogP contribution is 2.34. The van der Waals surface area contributed by atoms with Crippen molar-refractivity contribution in [3.63, 3.8) is 0 Å². The van der Waals surface area contributed by atoms with E-state index in [9.17, 15) is 0 Å². The molecule has 2 aliphatic heterocycles. The van der Waals surface area contributed by atoms with Crippen molar-refractivity contribution in [3.05, 3.63) is 35.9 Å².